The topological polar surface area (TPSA) is 62.0 Å². The van der Waals surface area contributed by atoms with Crippen LogP contribution in [0.5, 0.6) is 0 Å². The van der Waals surface area contributed by atoms with E-state index in [-0.39, 0.29) is 6.10 Å². The maximum absolute atomic E-state index is 5.85. The Morgan fingerprint density at radius 2 is 2.22 bits per heavy atom. The van der Waals surface area contributed by atoms with E-state index in [0.29, 0.717) is 18.0 Å². The molecular formula is C21H36N4O2. The number of ether oxygens (including phenoxy) is 1. The molecule has 0 spiro atoms. The molecule has 0 aromatic carbocycles. The molecule has 3 unspecified atom stereocenters. The van der Waals surface area contributed by atoms with Gasteiger partial charge in [0, 0.05) is 44.7 Å². The largest absolute Gasteiger partial charge is 0.469 e. The van der Waals surface area contributed by atoms with Gasteiger partial charge in [0.15, 0.2) is 5.96 Å². The fraction of sp³-hybridized carbons (Fsp3) is 0.762. The van der Waals surface area contributed by atoms with Crippen molar-refractivity contribution in [2.24, 2.45) is 10.9 Å². The Balaban J connectivity index is 1.55. The molecule has 1 aromatic rings. The van der Waals surface area contributed by atoms with Crippen LogP contribution >= 0.6 is 0 Å². The SMILES string of the molecule is CC1CN(C(C)C)CC1NC(=NCC1CCCCO1)NCCc1ccco1. The summed E-state index contributed by atoms with van der Waals surface area (Å²) in [5.41, 5.74) is 0. The summed E-state index contributed by atoms with van der Waals surface area (Å²) >= 11 is 0. The van der Waals surface area contributed by atoms with Gasteiger partial charge in [-0.2, -0.15) is 0 Å². The van der Waals surface area contributed by atoms with Crippen molar-refractivity contribution in [2.75, 3.05) is 32.8 Å². The molecule has 27 heavy (non-hydrogen) atoms. The summed E-state index contributed by atoms with van der Waals surface area (Å²) in [6, 6.07) is 4.96. The molecule has 6 heteroatoms. The maximum Gasteiger partial charge on any atom is 0.191 e. The molecule has 2 saturated heterocycles. The Hall–Kier alpha value is -1.53. The number of hydrogen-bond acceptors (Lipinski definition) is 4. The number of nitrogens with one attached hydrogen (secondary N) is 2. The second-order valence-corrected chi connectivity index (χ2v) is 8.21. The lowest BCUT2D eigenvalue weighted by Crippen LogP contribution is -2.47. The van der Waals surface area contributed by atoms with Gasteiger partial charge in [0.2, 0.25) is 0 Å². The van der Waals surface area contributed by atoms with Gasteiger partial charge >= 0.3 is 0 Å². The summed E-state index contributed by atoms with van der Waals surface area (Å²) in [5, 5.41) is 7.18. The lowest BCUT2D eigenvalue weighted by molar-refractivity contribution is 0.0224. The molecule has 1 aromatic heterocycles. The Labute approximate surface area is 163 Å². The van der Waals surface area contributed by atoms with Gasteiger partial charge in [-0.25, -0.2) is 0 Å². The van der Waals surface area contributed by atoms with Gasteiger partial charge in [0.25, 0.3) is 0 Å². The fourth-order valence-corrected chi connectivity index (χ4v) is 3.85. The van der Waals surface area contributed by atoms with Crippen LogP contribution in [0.15, 0.2) is 27.8 Å². The van der Waals surface area contributed by atoms with Crippen molar-refractivity contribution in [1.82, 2.24) is 15.5 Å². The highest BCUT2D eigenvalue weighted by Crippen LogP contribution is 2.18. The van der Waals surface area contributed by atoms with Gasteiger partial charge in [0.05, 0.1) is 18.9 Å². The van der Waals surface area contributed by atoms with Crippen LogP contribution < -0.4 is 10.6 Å². The summed E-state index contributed by atoms with van der Waals surface area (Å²) in [6.07, 6.45) is 6.38. The van der Waals surface area contributed by atoms with Crippen LogP contribution in [0.4, 0.5) is 0 Å². The normalized spacial score (nSPS) is 27.3. The van der Waals surface area contributed by atoms with E-state index in [0.717, 1.165) is 57.3 Å². The number of aliphatic imine (C=N–C) groups is 1. The van der Waals surface area contributed by atoms with E-state index in [1.54, 1.807) is 6.26 Å². The average Bonchev–Trinajstić information content (AvgIpc) is 3.30. The summed E-state index contributed by atoms with van der Waals surface area (Å²) in [5.74, 6) is 2.51. The van der Waals surface area contributed by atoms with Gasteiger partial charge in [0.1, 0.15) is 5.76 Å². The second-order valence-electron chi connectivity index (χ2n) is 8.21. The van der Waals surface area contributed by atoms with E-state index in [2.05, 4.69) is 36.3 Å². The van der Waals surface area contributed by atoms with E-state index in [4.69, 9.17) is 14.1 Å². The van der Waals surface area contributed by atoms with E-state index < -0.39 is 0 Å². The highest BCUT2D eigenvalue weighted by molar-refractivity contribution is 5.80. The van der Waals surface area contributed by atoms with Crippen molar-refractivity contribution in [1.29, 1.82) is 0 Å². The number of nitrogens with zero attached hydrogens (tertiary/aromatic N) is 2. The highest BCUT2D eigenvalue weighted by Gasteiger charge is 2.31. The molecule has 3 atom stereocenters. The van der Waals surface area contributed by atoms with E-state index in [1.807, 2.05) is 12.1 Å². The number of rotatable bonds is 7. The van der Waals surface area contributed by atoms with Crippen LogP contribution in [0, 0.1) is 5.92 Å². The van der Waals surface area contributed by atoms with Crippen LogP contribution in [0.2, 0.25) is 0 Å². The zero-order valence-corrected chi connectivity index (χ0v) is 17.1. The number of guanidine groups is 1. The highest BCUT2D eigenvalue weighted by atomic mass is 16.5. The summed E-state index contributed by atoms with van der Waals surface area (Å²) in [6.45, 7) is 11.5. The Kier molecular flexibility index (Phi) is 7.59. The number of furan rings is 1. The first kappa shape index (κ1) is 20.2. The molecule has 2 fully saturated rings. The van der Waals surface area contributed by atoms with E-state index in [9.17, 15) is 0 Å². The quantitative estimate of drug-likeness (QED) is 0.566. The van der Waals surface area contributed by atoms with Crippen molar-refractivity contribution in [3.05, 3.63) is 24.2 Å². The minimum Gasteiger partial charge on any atom is -0.469 e. The first-order valence-corrected chi connectivity index (χ1v) is 10.5. The first-order chi connectivity index (χ1) is 13.1. The molecular weight excluding hydrogens is 340 g/mol. The van der Waals surface area contributed by atoms with Crippen molar-refractivity contribution in [2.45, 2.75) is 64.6 Å². The molecule has 3 heterocycles. The van der Waals surface area contributed by atoms with E-state index in [1.165, 1.54) is 12.8 Å². The van der Waals surface area contributed by atoms with Crippen molar-refractivity contribution >= 4 is 5.96 Å². The molecule has 0 aliphatic carbocycles. The van der Waals surface area contributed by atoms with Gasteiger partial charge in [-0.15, -0.1) is 0 Å². The predicted octanol–water partition coefficient (Wildman–Crippen LogP) is 2.66. The Morgan fingerprint density at radius 1 is 1.33 bits per heavy atom. The zero-order valence-electron chi connectivity index (χ0n) is 17.1. The molecule has 2 aliphatic heterocycles. The first-order valence-electron chi connectivity index (χ1n) is 10.5. The molecule has 3 rings (SSSR count). The Morgan fingerprint density at radius 3 is 2.89 bits per heavy atom. The van der Waals surface area contributed by atoms with Crippen LogP contribution in [0.1, 0.15) is 45.8 Å². The monoisotopic (exact) mass is 376 g/mol. The van der Waals surface area contributed by atoms with Crippen LogP contribution in [-0.2, 0) is 11.2 Å². The predicted molar refractivity (Wildman–Crippen MR) is 109 cm³/mol. The Bertz CT molecular complexity index is 567. The lowest BCUT2D eigenvalue weighted by atomic mass is 10.1. The average molecular weight is 377 g/mol. The third-order valence-electron chi connectivity index (χ3n) is 5.66. The van der Waals surface area contributed by atoms with Crippen molar-refractivity contribution in [3.8, 4) is 0 Å². The fourth-order valence-electron chi connectivity index (χ4n) is 3.85. The molecule has 2 aliphatic rings. The standard InChI is InChI=1S/C21H36N4O2/c1-16(2)25-14-17(3)20(15-25)24-21(22-10-9-18-8-6-12-26-18)23-13-19-7-4-5-11-27-19/h6,8,12,16-17,19-20H,4-5,7,9-11,13-15H2,1-3H3,(H2,22,23,24). The lowest BCUT2D eigenvalue weighted by Gasteiger charge is -2.24. The van der Waals surface area contributed by atoms with Crippen molar-refractivity contribution < 1.29 is 9.15 Å². The molecule has 0 radical (unpaired) electrons. The molecule has 0 bridgehead atoms. The zero-order chi connectivity index (χ0) is 19.1. The molecule has 2 N–H and O–H groups in total. The van der Waals surface area contributed by atoms with Gasteiger partial charge < -0.3 is 19.8 Å². The van der Waals surface area contributed by atoms with Gasteiger partial charge in [-0.05, 0) is 51.2 Å². The van der Waals surface area contributed by atoms with Gasteiger partial charge in [-0.1, -0.05) is 6.92 Å². The van der Waals surface area contributed by atoms with Gasteiger partial charge in [-0.3, -0.25) is 9.89 Å². The van der Waals surface area contributed by atoms with Crippen LogP contribution in [-0.4, -0.2) is 61.8 Å². The summed E-state index contributed by atoms with van der Waals surface area (Å²) in [7, 11) is 0. The minimum atomic E-state index is 0.260. The minimum absolute atomic E-state index is 0.260. The second kappa shape index (κ2) is 10.1. The van der Waals surface area contributed by atoms with E-state index >= 15 is 0 Å². The molecule has 6 nitrogen and oxygen atoms in total. The van der Waals surface area contributed by atoms with Crippen molar-refractivity contribution in [3.63, 3.8) is 0 Å². The molecule has 0 saturated carbocycles. The third-order valence-corrected chi connectivity index (χ3v) is 5.66. The molecule has 0 amide bonds. The molecule has 152 valence electrons. The smallest absolute Gasteiger partial charge is 0.191 e. The maximum atomic E-state index is 5.85. The van der Waals surface area contributed by atoms with Crippen LogP contribution in [0.25, 0.3) is 0 Å². The summed E-state index contributed by atoms with van der Waals surface area (Å²) < 4.78 is 11.3. The summed E-state index contributed by atoms with van der Waals surface area (Å²) in [4.78, 5) is 7.39. The third kappa shape index (κ3) is 6.25. The van der Waals surface area contributed by atoms with Crippen LogP contribution in [0.3, 0.4) is 0 Å². The number of likely N-dealkylation sites (tertiary alicyclic amines) is 1. The number of hydrogen-bond donors (Lipinski definition) is 2.